The maximum Gasteiger partial charge on any atom is 0.0638 e. The van der Waals surface area contributed by atoms with Crippen LogP contribution in [0.25, 0.3) is 43.6 Å². The number of fused-ring (bicyclic) bond motifs is 6. The molecule has 166 valence electrons. The van der Waals surface area contributed by atoms with E-state index in [-0.39, 0.29) is 0 Å². The summed E-state index contributed by atoms with van der Waals surface area (Å²) in [5.41, 5.74) is 6.88. The number of aryl methyl sites for hydroxylation is 2. The maximum absolute atomic E-state index is 4.66. The summed E-state index contributed by atoms with van der Waals surface area (Å²) in [6.07, 6.45) is 3.55. The smallest absolute Gasteiger partial charge is 0.0638 e. The Morgan fingerprint density at radius 1 is 0.529 bits per heavy atom. The molecule has 4 nitrogen and oxygen atoms in total. The maximum atomic E-state index is 4.66. The van der Waals surface area contributed by atoms with Crippen molar-refractivity contribution in [3.8, 4) is 0 Å². The van der Waals surface area contributed by atoms with Crippen LogP contribution < -0.4 is 0 Å². The summed E-state index contributed by atoms with van der Waals surface area (Å²) in [7, 11) is 0. The van der Waals surface area contributed by atoms with E-state index in [1.165, 1.54) is 43.6 Å². The van der Waals surface area contributed by atoms with Gasteiger partial charge in [-0.3, -0.25) is 9.98 Å². The van der Waals surface area contributed by atoms with Gasteiger partial charge in [0.2, 0.25) is 0 Å². The molecule has 2 aromatic heterocycles. The number of nitrogens with zero attached hydrogens (tertiary/aromatic N) is 4. The van der Waals surface area contributed by atoms with Gasteiger partial charge in [-0.05, 0) is 62.4 Å². The third-order valence-electron chi connectivity index (χ3n) is 6.66. The molecule has 2 heterocycles. The first-order valence-electron chi connectivity index (χ1n) is 11.9. The second-order valence-corrected chi connectivity index (χ2v) is 8.48. The van der Waals surface area contributed by atoms with Crippen LogP contribution in [0.4, 0.5) is 11.4 Å². The Balaban J connectivity index is 1.32. The van der Waals surface area contributed by atoms with Crippen molar-refractivity contribution in [3.63, 3.8) is 0 Å². The van der Waals surface area contributed by atoms with E-state index < -0.39 is 0 Å². The monoisotopic (exact) mass is 442 g/mol. The molecule has 4 heteroatoms. The molecule has 0 aliphatic heterocycles. The van der Waals surface area contributed by atoms with Crippen LogP contribution in [0.5, 0.6) is 0 Å². The van der Waals surface area contributed by atoms with Gasteiger partial charge in [0.15, 0.2) is 0 Å². The van der Waals surface area contributed by atoms with Gasteiger partial charge in [0.1, 0.15) is 0 Å². The average Bonchev–Trinajstić information content (AvgIpc) is 3.38. The molecule has 6 aromatic rings. The van der Waals surface area contributed by atoms with Gasteiger partial charge in [-0.15, -0.1) is 0 Å². The van der Waals surface area contributed by atoms with Crippen molar-refractivity contribution < 1.29 is 0 Å². The Kier molecular flexibility index (Phi) is 4.99. The van der Waals surface area contributed by atoms with Crippen LogP contribution in [0.3, 0.4) is 0 Å². The Hall–Kier alpha value is -4.18. The molecule has 0 fully saturated rings. The van der Waals surface area contributed by atoms with Crippen molar-refractivity contribution in [2.24, 2.45) is 9.98 Å². The summed E-state index contributed by atoms with van der Waals surface area (Å²) in [6.45, 7) is 6.26. The summed E-state index contributed by atoms with van der Waals surface area (Å²) in [4.78, 5) is 9.31. The number of benzene rings is 4. The second kappa shape index (κ2) is 8.31. The van der Waals surface area contributed by atoms with Gasteiger partial charge < -0.3 is 9.13 Å². The fraction of sp³-hybridized carbons (Fsp3) is 0.133. The van der Waals surface area contributed by atoms with Gasteiger partial charge in [-0.1, -0.05) is 36.4 Å². The molecule has 0 saturated carbocycles. The van der Waals surface area contributed by atoms with Crippen molar-refractivity contribution in [1.29, 1.82) is 0 Å². The molecule has 4 aromatic carbocycles. The van der Waals surface area contributed by atoms with Gasteiger partial charge in [0.25, 0.3) is 0 Å². The number of para-hydroxylation sites is 2. The van der Waals surface area contributed by atoms with Crippen molar-refractivity contribution in [2.45, 2.75) is 26.9 Å². The SMILES string of the molecule is CCn1c2ccccc2c2cc(N=CC=Nc3ccc4c(c3)c3ccccc3n4CC)ccc21. The highest BCUT2D eigenvalue weighted by atomic mass is 15.0. The van der Waals surface area contributed by atoms with E-state index in [9.17, 15) is 0 Å². The molecule has 0 aliphatic rings. The van der Waals surface area contributed by atoms with Crippen LogP contribution in [0.1, 0.15) is 13.8 Å². The minimum atomic E-state index is 0.930. The minimum Gasteiger partial charge on any atom is -0.341 e. The van der Waals surface area contributed by atoms with Crippen molar-refractivity contribution in [3.05, 3.63) is 84.9 Å². The molecule has 6 rings (SSSR count). The highest BCUT2D eigenvalue weighted by molar-refractivity contribution is 6.18. The summed E-state index contributed by atoms with van der Waals surface area (Å²) < 4.78 is 4.70. The van der Waals surface area contributed by atoms with Crippen molar-refractivity contribution in [1.82, 2.24) is 9.13 Å². The van der Waals surface area contributed by atoms with E-state index in [1.807, 2.05) is 0 Å². The number of rotatable bonds is 5. The molecule has 0 spiro atoms. The molecule has 0 radical (unpaired) electrons. The first kappa shape index (κ1) is 20.4. The summed E-state index contributed by atoms with van der Waals surface area (Å²) in [5, 5.41) is 5.01. The lowest BCUT2D eigenvalue weighted by molar-refractivity contribution is 0.827. The number of aromatic nitrogens is 2. The summed E-state index contributed by atoms with van der Waals surface area (Å²) in [5.74, 6) is 0. The van der Waals surface area contributed by atoms with E-state index in [1.54, 1.807) is 12.4 Å². The number of hydrogen-bond acceptors (Lipinski definition) is 2. The zero-order chi connectivity index (χ0) is 23.1. The van der Waals surface area contributed by atoms with E-state index in [0.29, 0.717) is 0 Å². The normalized spacial score (nSPS) is 12.4. The lowest BCUT2D eigenvalue weighted by Gasteiger charge is -2.02. The highest BCUT2D eigenvalue weighted by Gasteiger charge is 2.10. The van der Waals surface area contributed by atoms with Crippen LogP contribution in [-0.2, 0) is 13.1 Å². The first-order chi connectivity index (χ1) is 16.8. The zero-order valence-corrected chi connectivity index (χ0v) is 19.4. The molecule has 0 atom stereocenters. The molecular weight excluding hydrogens is 416 g/mol. The minimum absolute atomic E-state index is 0.930. The third kappa shape index (κ3) is 3.22. The molecule has 0 saturated heterocycles. The predicted octanol–water partition coefficient (Wildman–Crippen LogP) is 8.05. The number of hydrogen-bond donors (Lipinski definition) is 0. The zero-order valence-electron chi connectivity index (χ0n) is 19.4. The molecule has 0 bridgehead atoms. The van der Waals surface area contributed by atoms with Crippen LogP contribution in [-0.4, -0.2) is 21.6 Å². The van der Waals surface area contributed by atoms with Crippen LogP contribution >= 0.6 is 0 Å². The van der Waals surface area contributed by atoms with E-state index in [0.717, 1.165) is 24.5 Å². The van der Waals surface area contributed by atoms with Crippen LogP contribution in [0.15, 0.2) is 94.9 Å². The lowest BCUT2D eigenvalue weighted by atomic mass is 10.1. The average molecular weight is 443 g/mol. The van der Waals surface area contributed by atoms with E-state index >= 15 is 0 Å². The Morgan fingerprint density at radius 3 is 1.38 bits per heavy atom. The molecule has 0 amide bonds. The largest absolute Gasteiger partial charge is 0.341 e. The van der Waals surface area contributed by atoms with Gasteiger partial charge in [-0.2, -0.15) is 0 Å². The first-order valence-corrected chi connectivity index (χ1v) is 11.9. The molecule has 0 unspecified atom stereocenters. The molecular formula is C30H26N4. The van der Waals surface area contributed by atoms with Crippen LogP contribution in [0, 0.1) is 0 Å². The van der Waals surface area contributed by atoms with Gasteiger partial charge in [0, 0.05) is 69.1 Å². The Morgan fingerprint density at radius 2 is 0.941 bits per heavy atom. The predicted molar refractivity (Wildman–Crippen MR) is 147 cm³/mol. The molecule has 0 aliphatic carbocycles. The molecule has 0 N–H and O–H groups in total. The fourth-order valence-corrected chi connectivity index (χ4v) is 5.16. The van der Waals surface area contributed by atoms with E-state index in [2.05, 4.69) is 118 Å². The van der Waals surface area contributed by atoms with Crippen molar-refractivity contribution >= 4 is 67.4 Å². The molecule has 34 heavy (non-hydrogen) atoms. The topological polar surface area (TPSA) is 34.6 Å². The Labute approximate surface area is 198 Å². The van der Waals surface area contributed by atoms with Crippen LogP contribution in [0.2, 0.25) is 0 Å². The number of aliphatic imine (C=N–C) groups is 2. The fourth-order valence-electron chi connectivity index (χ4n) is 5.16. The van der Waals surface area contributed by atoms with E-state index in [4.69, 9.17) is 0 Å². The third-order valence-corrected chi connectivity index (χ3v) is 6.66. The second-order valence-electron chi connectivity index (χ2n) is 8.48. The van der Waals surface area contributed by atoms with Gasteiger partial charge >= 0.3 is 0 Å². The quantitative estimate of drug-likeness (QED) is 0.242. The standard InChI is InChI=1S/C30H26N4/c1-3-33-27-11-7-5-9-23(27)25-19-21(13-15-29(25)33)31-17-18-32-22-14-16-30-26(20-22)24-10-6-8-12-28(24)34(30)4-2/h5-20H,3-4H2,1-2H3. The van der Waals surface area contributed by atoms with Gasteiger partial charge in [0.05, 0.1) is 11.4 Å². The Bertz CT molecular complexity index is 1600. The van der Waals surface area contributed by atoms with Gasteiger partial charge in [-0.25, -0.2) is 0 Å². The van der Waals surface area contributed by atoms with Crippen molar-refractivity contribution in [2.75, 3.05) is 0 Å². The summed E-state index contributed by atoms with van der Waals surface area (Å²) in [6, 6.07) is 29.9. The summed E-state index contributed by atoms with van der Waals surface area (Å²) >= 11 is 0. The highest BCUT2D eigenvalue weighted by Crippen LogP contribution is 2.33. The lowest BCUT2D eigenvalue weighted by Crippen LogP contribution is -1.92.